The van der Waals surface area contributed by atoms with Crippen molar-refractivity contribution in [1.82, 2.24) is 0 Å². The SMILES string of the molecule is CCC(C)OC(=O)/C(C#N)=C/C=C/c1ccc(C)cc1. The molecule has 1 rings (SSSR count). The van der Waals surface area contributed by atoms with Gasteiger partial charge >= 0.3 is 5.97 Å². The Kier molecular flexibility index (Phi) is 6.25. The second kappa shape index (κ2) is 7.96. The third-order valence-electron chi connectivity index (χ3n) is 2.85. The van der Waals surface area contributed by atoms with Crippen LogP contribution in [0.5, 0.6) is 0 Å². The van der Waals surface area contributed by atoms with Crippen LogP contribution in [0.2, 0.25) is 0 Å². The van der Waals surface area contributed by atoms with Crippen LogP contribution in [0.1, 0.15) is 31.4 Å². The number of esters is 1. The van der Waals surface area contributed by atoms with Gasteiger partial charge in [-0.2, -0.15) is 5.26 Å². The Morgan fingerprint density at radius 3 is 2.60 bits per heavy atom. The molecule has 20 heavy (non-hydrogen) atoms. The normalized spacial score (nSPS) is 13.0. The van der Waals surface area contributed by atoms with Crippen LogP contribution in [-0.4, -0.2) is 12.1 Å². The van der Waals surface area contributed by atoms with Crippen LogP contribution in [0, 0.1) is 18.3 Å². The third-order valence-corrected chi connectivity index (χ3v) is 2.85. The maximum absolute atomic E-state index is 11.7. The lowest BCUT2D eigenvalue weighted by atomic mass is 10.1. The van der Waals surface area contributed by atoms with Crippen molar-refractivity contribution in [3.8, 4) is 6.07 Å². The summed E-state index contributed by atoms with van der Waals surface area (Å²) < 4.78 is 5.11. The molecule has 1 aromatic carbocycles. The molecule has 0 saturated carbocycles. The van der Waals surface area contributed by atoms with Crippen molar-refractivity contribution in [3.05, 3.63) is 53.1 Å². The summed E-state index contributed by atoms with van der Waals surface area (Å²) in [6, 6.07) is 9.82. The minimum atomic E-state index is -0.574. The Labute approximate surface area is 120 Å². The van der Waals surface area contributed by atoms with E-state index >= 15 is 0 Å². The predicted molar refractivity (Wildman–Crippen MR) is 79.8 cm³/mol. The summed E-state index contributed by atoms with van der Waals surface area (Å²) in [5, 5.41) is 8.96. The van der Waals surface area contributed by atoms with E-state index in [1.165, 1.54) is 11.6 Å². The zero-order valence-corrected chi connectivity index (χ0v) is 12.1. The monoisotopic (exact) mass is 269 g/mol. The highest BCUT2D eigenvalue weighted by atomic mass is 16.5. The largest absolute Gasteiger partial charge is 0.459 e. The van der Waals surface area contributed by atoms with Gasteiger partial charge in [0.15, 0.2) is 0 Å². The van der Waals surface area contributed by atoms with E-state index < -0.39 is 5.97 Å². The highest BCUT2D eigenvalue weighted by Gasteiger charge is 2.12. The van der Waals surface area contributed by atoms with Gasteiger partial charge < -0.3 is 4.74 Å². The summed E-state index contributed by atoms with van der Waals surface area (Å²) in [4.78, 5) is 11.7. The number of hydrogen-bond donors (Lipinski definition) is 0. The number of carbonyl (C=O) groups excluding carboxylic acids is 1. The molecule has 1 aromatic rings. The molecule has 0 radical (unpaired) electrons. The van der Waals surface area contributed by atoms with E-state index in [-0.39, 0.29) is 11.7 Å². The Morgan fingerprint density at radius 1 is 1.40 bits per heavy atom. The van der Waals surface area contributed by atoms with Crippen LogP contribution in [0.4, 0.5) is 0 Å². The van der Waals surface area contributed by atoms with Crippen molar-refractivity contribution in [2.24, 2.45) is 0 Å². The molecule has 0 aliphatic carbocycles. The van der Waals surface area contributed by atoms with Crippen molar-refractivity contribution >= 4 is 12.0 Å². The van der Waals surface area contributed by atoms with E-state index in [9.17, 15) is 4.79 Å². The van der Waals surface area contributed by atoms with E-state index in [1.54, 1.807) is 13.0 Å². The molecule has 0 bridgehead atoms. The van der Waals surface area contributed by atoms with Gasteiger partial charge in [-0.1, -0.05) is 48.9 Å². The molecule has 0 amide bonds. The van der Waals surface area contributed by atoms with E-state index in [0.29, 0.717) is 0 Å². The molecule has 1 atom stereocenters. The molecular formula is C17H19NO2. The fourth-order valence-electron chi connectivity index (χ4n) is 1.41. The topological polar surface area (TPSA) is 50.1 Å². The van der Waals surface area contributed by atoms with Crippen LogP contribution >= 0.6 is 0 Å². The van der Waals surface area contributed by atoms with Gasteiger partial charge in [-0.25, -0.2) is 4.79 Å². The first-order valence-electron chi connectivity index (χ1n) is 6.63. The lowest BCUT2D eigenvalue weighted by Gasteiger charge is -2.09. The average Bonchev–Trinajstić information content (AvgIpc) is 2.45. The lowest BCUT2D eigenvalue weighted by molar-refractivity contribution is -0.143. The minimum absolute atomic E-state index is 0.00802. The molecule has 0 aromatic heterocycles. The summed E-state index contributed by atoms with van der Waals surface area (Å²) in [6.07, 6.45) is 5.54. The Balaban J connectivity index is 2.73. The number of nitriles is 1. The fraction of sp³-hybridized carbons (Fsp3) is 0.294. The molecule has 0 heterocycles. The molecule has 0 aliphatic rings. The number of hydrogen-bond acceptors (Lipinski definition) is 3. The molecule has 0 spiro atoms. The fourth-order valence-corrected chi connectivity index (χ4v) is 1.41. The van der Waals surface area contributed by atoms with E-state index in [1.807, 2.05) is 50.3 Å². The molecule has 0 N–H and O–H groups in total. The third kappa shape index (κ3) is 5.11. The Bertz CT molecular complexity index is 547. The number of carbonyl (C=O) groups is 1. The van der Waals surface area contributed by atoms with Gasteiger partial charge in [-0.3, -0.25) is 0 Å². The van der Waals surface area contributed by atoms with Crippen LogP contribution in [0.25, 0.3) is 6.08 Å². The van der Waals surface area contributed by atoms with Crippen LogP contribution in [0.15, 0.2) is 42.0 Å². The van der Waals surface area contributed by atoms with Crippen molar-refractivity contribution in [1.29, 1.82) is 5.26 Å². The van der Waals surface area contributed by atoms with Crippen molar-refractivity contribution in [2.75, 3.05) is 0 Å². The molecule has 1 unspecified atom stereocenters. The number of allylic oxidation sites excluding steroid dienone is 2. The molecule has 0 saturated heterocycles. The van der Waals surface area contributed by atoms with Gasteiger partial charge in [0.2, 0.25) is 0 Å². The highest BCUT2D eigenvalue weighted by Crippen LogP contribution is 2.07. The zero-order valence-electron chi connectivity index (χ0n) is 12.1. The van der Waals surface area contributed by atoms with Gasteiger partial charge in [0.05, 0.1) is 6.10 Å². The molecule has 3 heteroatoms. The summed E-state index contributed by atoms with van der Waals surface area (Å²) in [7, 11) is 0. The van der Waals surface area contributed by atoms with Crippen LogP contribution < -0.4 is 0 Å². The number of ether oxygens (including phenoxy) is 1. The quantitative estimate of drug-likeness (QED) is 0.353. The second-order valence-electron chi connectivity index (χ2n) is 4.59. The van der Waals surface area contributed by atoms with Crippen molar-refractivity contribution in [3.63, 3.8) is 0 Å². The standard InChI is InChI=1S/C17H19NO2/c1-4-14(3)20-17(19)16(12-18)7-5-6-15-10-8-13(2)9-11-15/h5-11,14H,4H2,1-3H3/b6-5+,16-7+. The van der Waals surface area contributed by atoms with E-state index in [2.05, 4.69) is 0 Å². The van der Waals surface area contributed by atoms with Gasteiger partial charge in [-0.05, 0) is 31.9 Å². The van der Waals surface area contributed by atoms with Gasteiger partial charge in [0.25, 0.3) is 0 Å². The first-order valence-corrected chi connectivity index (χ1v) is 6.63. The first kappa shape index (κ1) is 15.7. The molecule has 104 valence electrons. The predicted octanol–water partition coefficient (Wildman–Crippen LogP) is 3.80. The average molecular weight is 269 g/mol. The molecule has 0 aliphatic heterocycles. The Hall–Kier alpha value is -2.34. The zero-order chi connectivity index (χ0) is 15.0. The number of aryl methyl sites for hydroxylation is 1. The Morgan fingerprint density at radius 2 is 2.05 bits per heavy atom. The van der Waals surface area contributed by atoms with Crippen molar-refractivity contribution in [2.45, 2.75) is 33.3 Å². The van der Waals surface area contributed by atoms with Crippen LogP contribution in [0.3, 0.4) is 0 Å². The summed E-state index contributed by atoms with van der Waals surface area (Å²) in [5.41, 5.74) is 2.21. The highest BCUT2D eigenvalue weighted by molar-refractivity contribution is 5.93. The van der Waals surface area contributed by atoms with Gasteiger partial charge in [0, 0.05) is 0 Å². The maximum atomic E-state index is 11.7. The van der Waals surface area contributed by atoms with Crippen LogP contribution in [-0.2, 0) is 9.53 Å². The smallest absolute Gasteiger partial charge is 0.349 e. The lowest BCUT2D eigenvalue weighted by Crippen LogP contribution is -2.14. The van der Waals surface area contributed by atoms with Gasteiger partial charge in [0.1, 0.15) is 11.6 Å². The molecular weight excluding hydrogens is 250 g/mol. The second-order valence-corrected chi connectivity index (χ2v) is 4.59. The summed E-state index contributed by atoms with van der Waals surface area (Å²) in [5.74, 6) is -0.574. The molecule has 0 fully saturated rings. The number of benzene rings is 1. The summed E-state index contributed by atoms with van der Waals surface area (Å²) in [6.45, 7) is 5.74. The molecule has 3 nitrogen and oxygen atoms in total. The van der Waals surface area contributed by atoms with Crippen molar-refractivity contribution < 1.29 is 9.53 Å². The minimum Gasteiger partial charge on any atom is -0.459 e. The maximum Gasteiger partial charge on any atom is 0.349 e. The summed E-state index contributed by atoms with van der Waals surface area (Å²) >= 11 is 0. The van der Waals surface area contributed by atoms with E-state index in [0.717, 1.165) is 12.0 Å². The first-order chi connectivity index (χ1) is 9.56. The van der Waals surface area contributed by atoms with E-state index in [4.69, 9.17) is 10.00 Å². The number of nitrogens with zero attached hydrogens (tertiary/aromatic N) is 1. The van der Waals surface area contributed by atoms with Gasteiger partial charge in [-0.15, -0.1) is 0 Å². The number of rotatable bonds is 5.